The van der Waals surface area contributed by atoms with Gasteiger partial charge in [-0.05, 0) is 35.9 Å². The Morgan fingerprint density at radius 3 is 2.61 bits per heavy atom. The normalized spacial score (nSPS) is 10.4. The lowest BCUT2D eigenvalue weighted by molar-refractivity contribution is 0.468. The van der Waals surface area contributed by atoms with Crippen LogP contribution in [0.3, 0.4) is 0 Å². The van der Waals surface area contributed by atoms with Crippen LogP contribution in [0.4, 0.5) is 14.5 Å². The minimum absolute atomic E-state index is 0.168. The Hall–Kier alpha value is -1.81. The highest BCUT2D eigenvalue weighted by atomic mass is 35.5. The molecule has 5 heteroatoms. The molecule has 94 valence electrons. The summed E-state index contributed by atoms with van der Waals surface area (Å²) < 4.78 is 26.4. The molecule has 0 bridgehead atoms. The van der Waals surface area contributed by atoms with E-state index in [0.717, 1.165) is 6.07 Å². The summed E-state index contributed by atoms with van der Waals surface area (Å²) in [5.41, 5.74) is 0.734. The quantitative estimate of drug-likeness (QED) is 0.885. The van der Waals surface area contributed by atoms with Crippen molar-refractivity contribution in [2.45, 2.75) is 6.54 Å². The van der Waals surface area contributed by atoms with Crippen LogP contribution in [-0.2, 0) is 6.54 Å². The number of aromatic hydroxyl groups is 1. The van der Waals surface area contributed by atoms with E-state index in [1.807, 2.05) is 0 Å². The van der Waals surface area contributed by atoms with Gasteiger partial charge in [0.15, 0.2) is 0 Å². The fourth-order valence-electron chi connectivity index (χ4n) is 1.57. The first-order valence-corrected chi connectivity index (χ1v) is 5.60. The van der Waals surface area contributed by atoms with Crippen molar-refractivity contribution in [3.8, 4) is 5.75 Å². The molecule has 0 aromatic heterocycles. The molecule has 0 aliphatic heterocycles. The van der Waals surface area contributed by atoms with E-state index >= 15 is 0 Å². The molecule has 0 fully saturated rings. The molecule has 0 spiro atoms. The minimum Gasteiger partial charge on any atom is -0.508 e. The molecule has 0 heterocycles. The molecular formula is C13H10ClF2NO. The second-order valence-corrected chi connectivity index (χ2v) is 4.23. The zero-order chi connectivity index (χ0) is 13.1. The number of rotatable bonds is 3. The van der Waals surface area contributed by atoms with Crippen LogP contribution in [0.25, 0.3) is 0 Å². The lowest BCUT2D eigenvalue weighted by Crippen LogP contribution is -2.01. The van der Waals surface area contributed by atoms with Gasteiger partial charge in [0.05, 0.1) is 5.69 Å². The van der Waals surface area contributed by atoms with Gasteiger partial charge in [0.2, 0.25) is 0 Å². The van der Waals surface area contributed by atoms with Crippen molar-refractivity contribution in [3.05, 3.63) is 58.6 Å². The summed E-state index contributed by atoms with van der Waals surface area (Å²) in [7, 11) is 0. The van der Waals surface area contributed by atoms with E-state index in [2.05, 4.69) is 5.32 Å². The summed E-state index contributed by atoms with van der Waals surface area (Å²) in [6.45, 7) is 0.183. The van der Waals surface area contributed by atoms with Gasteiger partial charge >= 0.3 is 0 Å². The van der Waals surface area contributed by atoms with Crippen molar-refractivity contribution in [2.75, 3.05) is 5.32 Å². The minimum atomic E-state index is -0.543. The molecule has 0 aliphatic rings. The Kier molecular flexibility index (Phi) is 3.67. The number of benzene rings is 2. The molecule has 0 saturated heterocycles. The number of hydrogen-bond acceptors (Lipinski definition) is 2. The summed E-state index contributed by atoms with van der Waals surface area (Å²) in [6.07, 6.45) is 0. The van der Waals surface area contributed by atoms with Gasteiger partial charge in [0.1, 0.15) is 17.4 Å². The lowest BCUT2D eigenvalue weighted by atomic mass is 10.2. The summed E-state index contributed by atoms with van der Waals surface area (Å²) in [6, 6.07) is 7.79. The van der Waals surface area contributed by atoms with Crippen LogP contribution >= 0.6 is 11.6 Å². The molecular weight excluding hydrogens is 260 g/mol. The molecule has 0 unspecified atom stereocenters. The topological polar surface area (TPSA) is 32.3 Å². The summed E-state index contributed by atoms with van der Waals surface area (Å²) in [5.74, 6) is -1.16. The zero-order valence-electron chi connectivity index (χ0n) is 9.25. The third kappa shape index (κ3) is 3.11. The number of phenols is 1. The molecule has 0 amide bonds. The van der Waals surface area contributed by atoms with Gasteiger partial charge in [0.25, 0.3) is 0 Å². The Morgan fingerprint density at radius 2 is 1.89 bits per heavy atom. The van der Waals surface area contributed by atoms with E-state index in [-0.39, 0.29) is 18.0 Å². The Balaban J connectivity index is 2.13. The second-order valence-electron chi connectivity index (χ2n) is 3.80. The fourth-order valence-corrected chi connectivity index (χ4v) is 1.74. The van der Waals surface area contributed by atoms with Crippen molar-refractivity contribution in [3.63, 3.8) is 0 Å². The second kappa shape index (κ2) is 5.23. The van der Waals surface area contributed by atoms with Crippen LogP contribution in [0, 0.1) is 11.6 Å². The summed E-state index contributed by atoms with van der Waals surface area (Å²) >= 11 is 5.74. The number of anilines is 1. The molecule has 0 radical (unpaired) electrons. The number of phenolic OH excluding ortho intramolecular Hbond substituents is 1. The van der Waals surface area contributed by atoms with Gasteiger partial charge in [-0.1, -0.05) is 11.6 Å². The van der Waals surface area contributed by atoms with E-state index in [9.17, 15) is 13.9 Å². The average molecular weight is 270 g/mol. The van der Waals surface area contributed by atoms with Crippen LogP contribution < -0.4 is 5.32 Å². The largest absolute Gasteiger partial charge is 0.508 e. The maximum Gasteiger partial charge on any atom is 0.146 e. The van der Waals surface area contributed by atoms with Gasteiger partial charge in [0, 0.05) is 17.6 Å². The van der Waals surface area contributed by atoms with Crippen molar-refractivity contribution in [1.82, 2.24) is 0 Å². The number of hydrogen-bond donors (Lipinski definition) is 2. The molecule has 2 aromatic rings. The van der Waals surface area contributed by atoms with Gasteiger partial charge in [-0.3, -0.25) is 0 Å². The number of nitrogens with one attached hydrogen (secondary N) is 1. The molecule has 0 aliphatic carbocycles. The van der Waals surface area contributed by atoms with Gasteiger partial charge in [-0.25, -0.2) is 8.78 Å². The van der Waals surface area contributed by atoms with Crippen LogP contribution in [0.15, 0.2) is 36.4 Å². The third-order valence-corrected chi connectivity index (χ3v) is 2.59. The molecule has 18 heavy (non-hydrogen) atoms. The first kappa shape index (κ1) is 12.6. The van der Waals surface area contributed by atoms with Crippen LogP contribution in [0.1, 0.15) is 5.56 Å². The highest BCUT2D eigenvalue weighted by Crippen LogP contribution is 2.21. The third-order valence-electron chi connectivity index (χ3n) is 2.35. The van der Waals surface area contributed by atoms with Crippen LogP contribution in [0.2, 0.25) is 5.02 Å². The fraction of sp³-hybridized carbons (Fsp3) is 0.0769. The van der Waals surface area contributed by atoms with Crippen molar-refractivity contribution in [1.29, 1.82) is 0 Å². The van der Waals surface area contributed by atoms with Gasteiger partial charge in [-0.15, -0.1) is 0 Å². The molecule has 2 nitrogen and oxygen atoms in total. The van der Waals surface area contributed by atoms with Crippen LogP contribution in [0.5, 0.6) is 5.75 Å². The Labute approximate surface area is 108 Å². The smallest absolute Gasteiger partial charge is 0.146 e. The highest BCUT2D eigenvalue weighted by molar-refractivity contribution is 6.30. The lowest BCUT2D eigenvalue weighted by Gasteiger charge is -2.08. The molecule has 0 atom stereocenters. The van der Waals surface area contributed by atoms with Gasteiger partial charge in [-0.2, -0.15) is 0 Å². The molecule has 2 N–H and O–H groups in total. The zero-order valence-corrected chi connectivity index (χ0v) is 10.0. The van der Waals surface area contributed by atoms with Crippen molar-refractivity contribution >= 4 is 17.3 Å². The highest BCUT2D eigenvalue weighted by Gasteiger charge is 2.04. The van der Waals surface area contributed by atoms with Gasteiger partial charge < -0.3 is 10.4 Å². The SMILES string of the molecule is Oc1cc(F)cc(CNc2cc(Cl)ccc2F)c1. The van der Waals surface area contributed by atoms with E-state index < -0.39 is 11.6 Å². The predicted octanol–water partition coefficient (Wildman–Crippen LogP) is 3.94. The van der Waals surface area contributed by atoms with E-state index in [4.69, 9.17) is 11.6 Å². The maximum absolute atomic E-state index is 13.4. The van der Waals surface area contributed by atoms with Crippen molar-refractivity contribution in [2.24, 2.45) is 0 Å². The van der Waals surface area contributed by atoms with Crippen molar-refractivity contribution < 1.29 is 13.9 Å². The summed E-state index contributed by atoms with van der Waals surface area (Å²) in [5, 5.41) is 12.4. The molecule has 2 rings (SSSR count). The number of halogens is 3. The molecule has 2 aromatic carbocycles. The van der Waals surface area contributed by atoms with E-state index in [0.29, 0.717) is 10.6 Å². The monoisotopic (exact) mass is 269 g/mol. The van der Waals surface area contributed by atoms with E-state index in [1.54, 1.807) is 0 Å². The first-order chi connectivity index (χ1) is 8.54. The Morgan fingerprint density at radius 1 is 1.11 bits per heavy atom. The maximum atomic E-state index is 13.4. The summed E-state index contributed by atoms with van der Waals surface area (Å²) in [4.78, 5) is 0. The van der Waals surface area contributed by atoms with Crippen LogP contribution in [-0.4, -0.2) is 5.11 Å². The predicted molar refractivity (Wildman–Crippen MR) is 66.8 cm³/mol. The average Bonchev–Trinajstić information content (AvgIpc) is 2.29. The first-order valence-electron chi connectivity index (χ1n) is 5.22. The standard InChI is InChI=1S/C13H10ClF2NO/c14-9-1-2-12(16)13(5-9)17-7-8-3-10(15)6-11(18)4-8/h1-6,17-18H,7H2. The van der Waals surface area contributed by atoms with E-state index in [1.165, 1.54) is 30.3 Å². The molecule has 0 saturated carbocycles. The Bertz CT molecular complexity index is 555.